The molecule has 0 N–H and O–H groups in total. The highest BCUT2D eigenvalue weighted by atomic mass is 32.2. The van der Waals surface area contributed by atoms with E-state index in [9.17, 15) is 13.2 Å². The molecule has 3 atom stereocenters. The second-order valence-corrected chi connectivity index (χ2v) is 8.28. The van der Waals surface area contributed by atoms with Crippen molar-refractivity contribution < 1.29 is 13.2 Å². The van der Waals surface area contributed by atoms with Gasteiger partial charge in [-0.2, -0.15) is 4.31 Å². The van der Waals surface area contributed by atoms with Crippen molar-refractivity contribution in [2.45, 2.75) is 57.5 Å². The van der Waals surface area contributed by atoms with Crippen LogP contribution in [-0.4, -0.2) is 30.1 Å². The molecule has 5 heteroatoms. The highest BCUT2D eigenvalue weighted by Gasteiger charge is 2.68. The molecule has 116 valence electrons. The van der Waals surface area contributed by atoms with Crippen LogP contribution < -0.4 is 0 Å². The Balaban J connectivity index is 2.39. The minimum atomic E-state index is -3.62. The summed E-state index contributed by atoms with van der Waals surface area (Å²) in [4.78, 5) is 12.2. The topological polar surface area (TPSA) is 54.2 Å². The lowest BCUT2D eigenvalue weighted by Crippen LogP contribution is -2.27. The lowest BCUT2D eigenvalue weighted by atomic mass is 9.97. The van der Waals surface area contributed by atoms with E-state index in [-0.39, 0.29) is 16.7 Å². The van der Waals surface area contributed by atoms with E-state index in [1.807, 2.05) is 20.8 Å². The molecule has 21 heavy (non-hydrogen) atoms. The van der Waals surface area contributed by atoms with E-state index in [4.69, 9.17) is 0 Å². The average molecular weight is 309 g/mol. The minimum absolute atomic E-state index is 0.0937. The lowest BCUT2D eigenvalue weighted by Gasteiger charge is -2.10. The van der Waals surface area contributed by atoms with Crippen LogP contribution in [0, 0.1) is 12.8 Å². The Hall–Kier alpha value is -1.20. The predicted octanol–water partition coefficient (Wildman–Crippen LogP) is 2.76. The molecular weight excluding hydrogens is 286 g/mol. The molecule has 0 amide bonds. The van der Waals surface area contributed by atoms with E-state index in [2.05, 4.69) is 0 Å². The Kier molecular flexibility index (Phi) is 4.02. The van der Waals surface area contributed by atoms with Crippen molar-refractivity contribution in [3.05, 3.63) is 29.8 Å². The molecule has 1 aliphatic heterocycles. The fraction of sp³-hybridized carbons (Fsp3) is 0.562. The Bertz CT molecular complexity index is 649. The molecule has 0 aliphatic carbocycles. The number of aryl methyl sites for hydroxylation is 1. The van der Waals surface area contributed by atoms with Crippen LogP contribution in [0.2, 0.25) is 0 Å². The first-order valence-corrected chi connectivity index (χ1v) is 8.68. The van der Waals surface area contributed by atoms with Gasteiger partial charge in [-0.05, 0) is 45.2 Å². The molecule has 1 fully saturated rings. The van der Waals surface area contributed by atoms with E-state index in [0.717, 1.165) is 5.56 Å². The SMILES string of the molecule is CC(=O)[C@]1(C)[C@@H](CC(C)C)N1S(=O)(=O)c1ccc(C)cc1. The fourth-order valence-corrected chi connectivity index (χ4v) is 4.86. The summed E-state index contributed by atoms with van der Waals surface area (Å²) in [5.74, 6) is 0.246. The van der Waals surface area contributed by atoms with Crippen LogP contribution in [0.25, 0.3) is 0 Å². The van der Waals surface area contributed by atoms with Crippen LogP contribution in [0.15, 0.2) is 29.2 Å². The van der Waals surface area contributed by atoms with Gasteiger partial charge >= 0.3 is 0 Å². The van der Waals surface area contributed by atoms with E-state index < -0.39 is 15.6 Å². The number of rotatable bonds is 5. The quantitative estimate of drug-likeness (QED) is 0.786. The largest absolute Gasteiger partial charge is 0.298 e. The molecule has 1 aliphatic rings. The van der Waals surface area contributed by atoms with Gasteiger partial charge < -0.3 is 0 Å². The molecule has 0 bridgehead atoms. The van der Waals surface area contributed by atoms with Crippen molar-refractivity contribution in [3.63, 3.8) is 0 Å². The second kappa shape index (κ2) is 5.21. The lowest BCUT2D eigenvalue weighted by molar-refractivity contribution is -0.119. The van der Waals surface area contributed by atoms with Crippen LogP contribution in [0.4, 0.5) is 0 Å². The molecule has 1 unspecified atom stereocenters. The van der Waals surface area contributed by atoms with Crippen LogP contribution in [-0.2, 0) is 14.8 Å². The normalized spacial score (nSPS) is 28.7. The van der Waals surface area contributed by atoms with Gasteiger partial charge in [0.1, 0.15) is 5.54 Å². The number of hydrogen-bond donors (Lipinski definition) is 0. The van der Waals surface area contributed by atoms with E-state index in [0.29, 0.717) is 12.3 Å². The van der Waals surface area contributed by atoms with Gasteiger partial charge in [0, 0.05) is 0 Å². The molecule has 4 nitrogen and oxygen atoms in total. The van der Waals surface area contributed by atoms with E-state index in [1.165, 1.54) is 11.2 Å². The van der Waals surface area contributed by atoms with Crippen molar-refractivity contribution in [2.24, 2.45) is 5.92 Å². The summed E-state index contributed by atoms with van der Waals surface area (Å²) in [7, 11) is -3.62. The number of carbonyl (C=O) groups is 1. The van der Waals surface area contributed by atoms with E-state index >= 15 is 0 Å². The summed E-state index contributed by atoms with van der Waals surface area (Å²) in [6.07, 6.45) is 0.696. The standard InChI is InChI=1S/C16H23NO3S/c1-11(2)10-15-16(5,13(4)18)17(15)21(19,20)14-8-6-12(3)7-9-14/h6-9,11,15H,10H2,1-5H3/t15-,16-,17?/m1/s1. The number of ketones is 1. The first kappa shape index (κ1) is 16.2. The smallest absolute Gasteiger partial charge is 0.244 e. The highest BCUT2D eigenvalue weighted by Crippen LogP contribution is 2.49. The molecule has 0 aromatic heterocycles. The minimum Gasteiger partial charge on any atom is -0.298 e. The highest BCUT2D eigenvalue weighted by molar-refractivity contribution is 7.89. The number of carbonyl (C=O) groups excluding carboxylic acids is 1. The predicted molar refractivity (Wildman–Crippen MR) is 82.5 cm³/mol. The average Bonchev–Trinajstić information content (AvgIpc) is 2.96. The van der Waals surface area contributed by atoms with Gasteiger partial charge in [-0.25, -0.2) is 8.42 Å². The maximum atomic E-state index is 12.8. The second-order valence-electron chi connectivity index (χ2n) is 6.46. The summed E-state index contributed by atoms with van der Waals surface area (Å²) >= 11 is 0. The summed E-state index contributed by atoms with van der Waals surface area (Å²) in [6, 6.07) is 6.53. The van der Waals surface area contributed by atoms with Gasteiger partial charge in [0.05, 0.1) is 10.9 Å². The fourth-order valence-electron chi connectivity index (χ4n) is 2.83. The zero-order valence-electron chi connectivity index (χ0n) is 13.3. The third-order valence-electron chi connectivity index (χ3n) is 4.31. The summed E-state index contributed by atoms with van der Waals surface area (Å²) in [6.45, 7) is 9.19. The van der Waals surface area contributed by atoms with Gasteiger partial charge in [-0.15, -0.1) is 0 Å². The Labute approximate surface area is 127 Å². The number of Topliss-reactive ketones (excluding diaryl/α,β-unsaturated/α-hetero) is 1. The first-order valence-electron chi connectivity index (χ1n) is 7.24. The van der Waals surface area contributed by atoms with Gasteiger partial charge in [-0.1, -0.05) is 31.5 Å². The number of hydrogen-bond acceptors (Lipinski definition) is 3. The molecular formula is C16H23NO3S. The van der Waals surface area contributed by atoms with Gasteiger partial charge in [0.2, 0.25) is 10.0 Å². The summed E-state index contributed by atoms with van der Waals surface area (Å²) in [5, 5.41) is 0. The molecule has 0 spiro atoms. The van der Waals surface area contributed by atoms with Crippen molar-refractivity contribution in [1.82, 2.24) is 4.31 Å². The van der Waals surface area contributed by atoms with Crippen molar-refractivity contribution >= 4 is 15.8 Å². The number of nitrogens with zero attached hydrogens (tertiary/aromatic N) is 1. The Morgan fingerprint density at radius 2 is 1.81 bits per heavy atom. The molecule has 1 saturated heterocycles. The van der Waals surface area contributed by atoms with Crippen LogP contribution in [0.3, 0.4) is 0 Å². The molecule has 2 rings (SSSR count). The maximum absolute atomic E-state index is 12.8. The van der Waals surface area contributed by atoms with Gasteiger partial charge in [-0.3, -0.25) is 4.79 Å². The van der Waals surface area contributed by atoms with Gasteiger partial charge in [0.25, 0.3) is 0 Å². The monoisotopic (exact) mass is 309 g/mol. The number of sulfonamides is 1. The van der Waals surface area contributed by atoms with Crippen molar-refractivity contribution in [2.75, 3.05) is 0 Å². The molecule has 1 aromatic carbocycles. The zero-order chi connectivity index (χ0) is 16.0. The van der Waals surface area contributed by atoms with Crippen LogP contribution >= 0.6 is 0 Å². The third kappa shape index (κ3) is 2.64. The van der Waals surface area contributed by atoms with E-state index in [1.54, 1.807) is 31.2 Å². The molecule has 0 saturated carbocycles. The third-order valence-corrected chi connectivity index (χ3v) is 6.33. The first-order chi connectivity index (χ1) is 9.61. The number of benzene rings is 1. The maximum Gasteiger partial charge on any atom is 0.244 e. The summed E-state index contributed by atoms with van der Waals surface area (Å²) in [5.41, 5.74) is 0.112. The van der Waals surface area contributed by atoms with Crippen molar-refractivity contribution in [3.8, 4) is 0 Å². The molecule has 1 aromatic rings. The molecule has 0 radical (unpaired) electrons. The Morgan fingerprint density at radius 1 is 1.29 bits per heavy atom. The van der Waals surface area contributed by atoms with Crippen LogP contribution in [0.1, 0.15) is 39.7 Å². The zero-order valence-corrected chi connectivity index (χ0v) is 14.1. The summed E-state index contributed by atoms with van der Waals surface area (Å²) < 4.78 is 27.0. The van der Waals surface area contributed by atoms with Gasteiger partial charge in [0.15, 0.2) is 5.78 Å². The van der Waals surface area contributed by atoms with Crippen molar-refractivity contribution in [1.29, 1.82) is 0 Å². The Morgan fingerprint density at radius 3 is 2.24 bits per heavy atom. The van der Waals surface area contributed by atoms with Crippen LogP contribution in [0.5, 0.6) is 0 Å². The molecule has 1 heterocycles.